The molecule has 3 N–H and O–H groups in total. The van der Waals surface area contributed by atoms with Crippen molar-refractivity contribution >= 4 is 23.4 Å². The Kier molecular flexibility index (Phi) is 7.17. The minimum absolute atomic E-state index is 0.119. The summed E-state index contributed by atoms with van der Waals surface area (Å²) >= 11 is 0. The summed E-state index contributed by atoms with van der Waals surface area (Å²) in [6.07, 6.45) is 0. The van der Waals surface area contributed by atoms with Gasteiger partial charge in [0.25, 0.3) is 11.8 Å². The lowest BCUT2D eigenvalue weighted by Crippen LogP contribution is -2.38. The number of benzene rings is 2. The Labute approximate surface area is 151 Å². The molecule has 0 fully saturated rings. The van der Waals surface area contributed by atoms with E-state index in [1.807, 2.05) is 18.2 Å². The van der Waals surface area contributed by atoms with E-state index in [0.29, 0.717) is 17.8 Å². The second kappa shape index (κ2) is 9.83. The summed E-state index contributed by atoms with van der Waals surface area (Å²) in [4.78, 5) is 35.5. The van der Waals surface area contributed by atoms with E-state index in [9.17, 15) is 14.4 Å². The Balaban J connectivity index is 1.93. The third kappa shape index (κ3) is 5.94. The maximum Gasteiger partial charge on any atom is 0.259 e. The number of rotatable bonds is 8. The van der Waals surface area contributed by atoms with Gasteiger partial charge in [0.2, 0.25) is 5.91 Å². The van der Waals surface area contributed by atoms with Crippen molar-refractivity contribution < 1.29 is 19.1 Å². The largest absolute Gasteiger partial charge is 0.483 e. The molecule has 0 saturated carbocycles. The highest BCUT2D eigenvalue weighted by Gasteiger charge is 2.14. The number of carbonyl (C=O) groups excluding carboxylic acids is 3. The maximum absolute atomic E-state index is 12.4. The molecule has 0 heterocycles. The van der Waals surface area contributed by atoms with E-state index in [-0.39, 0.29) is 30.7 Å². The van der Waals surface area contributed by atoms with Crippen LogP contribution in [0.25, 0.3) is 0 Å². The van der Waals surface area contributed by atoms with Gasteiger partial charge in [-0.1, -0.05) is 30.3 Å². The predicted octanol–water partition coefficient (Wildman–Crippen LogP) is 1.57. The molecule has 2 aromatic rings. The number of para-hydroxylation sites is 2. The van der Waals surface area contributed by atoms with Crippen molar-refractivity contribution in [3.63, 3.8) is 0 Å². The average Bonchev–Trinajstić information content (AvgIpc) is 2.66. The van der Waals surface area contributed by atoms with Crippen molar-refractivity contribution in [3.8, 4) is 5.75 Å². The van der Waals surface area contributed by atoms with Gasteiger partial charge in [-0.25, -0.2) is 0 Å². The molecule has 0 aliphatic carbocycles. The summed E-state index contributed by atoms with van der Waals surface area (Å²) in [7, 11) is 0. The summed E-state index contributed by atoms with van der Waals surface area (Å²) in [5.41, 5.74) is 0.972. The normalized spacial score (nSPS) is 9.88. The highest BCUT2D eigenvalue weighted by Crippen LogP contribution is 2.19. The lowest BCUT2D eigenvalue weighted by Gasteiger charge is -2.12. The summed E-state index contributed by atoms with van der Waals surface area (Å²) in [5.74, 6) is -0.776. The lowest BCUT2D eigenvalue weighted by atomic mass is 10.2. The first-order valence-electron chi connectivity index (χ1n) is 8.21. The zero-order valence-electron chi connectivity index (χ0n) is 14.5. The van der Waals surface area contributed by atoms with Crippen LogP contribution in [0.5, 0.6) is 5.75 Å². The van der Waals surface area contributed by atoms with Crippen LogP contribution in [0, 0.1) is 0 Å². The molecule has 0 aromatic heterocycles. The number of ether oxygens (including phenoxy) is 1. The number of likely N-dealkylation sites (N-methyl/N-ethyl adjacent to an activating group) is 1. The van der Waals surface area contributed by atoms with Gasteiger partial charge in [-0.2, -0.15) is 0 Å². The van der Waals surface area contributed by atoms with E-state index in [4.69, 9.17) is 4.74 Å². The fourth-order valence-electron chi connectivity index (χ4n) is 2.13. The Morgan fingerprint density at radius 3 is 2.31 bits per heavy atom. The molecule has 136 valence electrons. The van der Waals surface area contributed by atoms with Gasteiger partial charge >= 0.3 is 0 Å². The SMILES string of the molecule is CCNC(=O)CNC(=O)COc1ccccc1C(=O)Nc1ccccc1. The van der Waals surface area contributed by atoms with Crippen LogP contribution in [0.1, 0.15) is 17.3 Å². The number of hydrogen-bond acceptors (Lipinski definition) is 4. The summed E-state index contributed by atoms with van der Waals surface area (Å²) in [6.45, 7) is 1.87. The molecular formula is C19H21N3O4. The van der Waals surface area contributed by atoms with Crippen LogP contribution in [0.4, 0.5) is 5.69 Å². The van der Waals surface area contributed by atoms with E-state index in [2.05, 4.69) is 16.0 Å². The number of carbonyl (C=O) groups is 3. The van der Waals surface area contributed by atoms with Gasteiger partial charge in [-0.05, 0) is 31.2 Å². The Bertz CT molecular complexity index is 762. The predicted molar refractivity (Wildman–Crippen MR) is 98.0 cm³/mol. The Morgan fingerprint density at radius 1 is 0.885 bits per heavy atom. The van der Waals surface area contributed by atoms with Crippen molar-refractivity contribution in [2.45, 2.75) is 6.92 Å². The summed E-state index contributed by atoms with van der Waals surface area (Å²) in [5, 5.41) is 7.79. The quantitative estimate of drug-likeness (QED) is 0.670. The maximum atomic E-state index is 12.4. The Hall–Kier alpha value is -3.35. The van der Waals surface area contributed by atoms with Crippen LogP contribution >= 0.6 is 0 Å². The summed E-state index contributed by atoms with van der Waals surface area (Å²) < 4.78 is 5.45. The van der Waals surface area contributed by atoms with Gasteiger partial charge in [-0.15, -0.1) is 0 Å². The fraction of sp³-hybridized carbons (Fsp3) is 0.211. The summed E-state index contributed by atoms with van der Waals surface area (Å²) in [6, 6.07) is 15.7. The van der Waals surface area contributed by atoms with Crippen molar-refractivity contribution in [2.24, 2.45) is 0 Å². The molecule has 7 heteroatoms. The minimum atomic E-state index is -0.450. The number of amides is 3. The van der Waals surface area contributed by atoms with Gasteiger partial charge in [0.1, 0.15) is 5.75 Å². The van der Waals surface area contributed by atoms with Crippen molar-refractivity contribution in [3.05, 3.63) is 60.2 Å². The molecule has 0 aliphatic rings. The second-order valence-corrected chi connectivity index (χ2v) is 5.34. The minimum Gasteiger partial charge on any atom is -0.483 e. The number of hydrogen-bond donors (Lipinski definition) is 3. The van der Waals surface area contributed by atoms with Crippen LogP contribution in [0.2, 0.25) is 0 Å². The molecule has 0 bridgehead atoms. The van der Waals surface area contributed by atoms with Crippen LogP contribution < -0.4 is 20.7 Å². The highest BCUT2D eigenvalue weighted by atomic mass is 16.5. The van der Waals surface area contributed by atoms with Gasteiger partial charge < -0.3 is 20.7 Å². The molecule has 26 heavy (non-hydrogen) atoms. The molecule has 2 aromatic carbocycles. The van der Waals surface area contributed by atoms with Crippen LogP contribution in [-0.2, 0) is 9.59 Å². The molecule has 0 unspecified atom stereocenters. The van der Waals surface area contributed by atoms with E-state index in [1.54, 1.807) is 43.3 Å². The number of nitrogens with one attached hydrogen (secondary N) is 3. The van der Waals surface area contributed by atoms with E-state index in [1.165, 1.54) is 0 Å². The molecule has 7 nitrogen and oxygen atoms in total. The fourth-order valence-corrected chi connectivity index (χ4v) is 2.13. The molecule has 0 saturated heterocycles. The first kappa shape index (κ1) is 19.0. The Morgan fingerprint density at radius 2 is 1.58 bits per heavy atom. The molecule has 2 rings (SSSR count). The van der Waals surface area contributed by atoms with Crippen molar-refractivity contribution in [1.29, 1.82) is 0 Å². The second-order valence-electron chi connectivity index (χ2n) is 5.34. The molecular weight excluding hydrogens is 334 g/mol. The van der Waals surface area contributed by atoms with E-state index >= 15 is 0 Å². The molecule has 0 atom stereocenters. The molecule has 0 radical (unpaired) electrons. The van der Waals surface area contributed by atoms with Gasteiger partial charge in [0.05, 0.1) is 12.1 Å². The zero-order chi connectivity index (χ0) is 18.8. The van der Waals surface area contributed by atoms with Crippen LogP contribution in [0.3, 0.4) is 0 Å². The van der Waals surface area contributed by atoms with Crippen molar-refractivity contribution in [2.75, 3.05) is 25.0 Å². The monoisotopic (exact) mass is 355 g/mol. The highest BCUT2D eigenvalue weighted by molar-refractivity contribution is 6.06. The zero-order valence-corrected chi connectivity index (χ0v) is 14.5. The topological polar surface area (TPSA) is 96.5 Å². The van der Waals surface area contributed by atoms with Crippen LogP contribution in [0.15, 0.2) is 54.6 Å². The molecule has 0 aliphatic heterocycles. The first-order valence-corrected chi connectivity index (χ1v) is 8.21. The van der Waals surface area contributed by atoms with Gasteiger partial charge in [-0.3, -0.25) is 14.4 Å². The average molecular weight is 355 g/mol. The molecule has 3 amide bonds. The van der Waals surface area contributed by atoms with Crippen molar-refractivity contribution in [1.82, 2.24) is 10.6 Å². The van der Waals surface area contributed by atoms with Gasteiger partial charge in [0, 0.05) is 12.2 Å². The van der Waals surface area contributed by atoms with E-state index in [0.717, 1.165) is 0 Å². The third-order valence-corrected chi connectivity index (χ3v) is 3.34. The lowest BCUT2D eigenvalue weighted by molar-refractivity contribution is -0.127. The third-order valence-electron chi connectivity index (χ3n) is 3.34. The number of anilines is 1. The van der Waals surface area contributed by atoms with Crippen LogP contribution in [-0.4, -0.2) is 37.4 Å². The van der Waals surface area contributed by atoms with E-state index < -0.39 is 5.91 Å². The first-order chi connectivity index (χ1) is 12.6. The van der Waals surface area contributed by atoms with Gasteiger partial charge in [0.15, 0.2) is 6.61 Å². The molecule has 0 spiro atoms. The smallest absolute Gasteiger partial charge is 0.259 e. The standard InChI is InChI=1S/C19H21N3O4/c1-2-20-17(23)12-21-18(24)13-26-16-11-7-6-10-15(16)19(25)22-14-8-4-3-5-9-14/h3-11H,2,12-13H2,1H3,(H,20,23)(H,21,24)(H,22,25).